The molecule has 1 atom stereocenters. The molecule has 0 spiro atoms. The lowest BCUT2D eigenvalue weighted by atomic mass is 10.1. The Hall–Kier alpha value is -1.59. The third-order valence-electron chi connectivity index (χ3n) is 2.39. The van der Waals surface area contributed by atoms with Crippen LogP contribution in [0.2, 0.25) is 5.02 Å². The quantitative estimate of drug-likeness (QED) is 0.751. The third-order valence-corrected chi connectivity index (χ3v) is 2.70. The number of aryl methyl sites for hydroxylation is 1. The number of carbonyl (C=O) groups is 2. The van der Waals surface area contributed by atoms with Gasteiger partial charge in [0.25, 0.3) is 5.91 Å². The highest BCUT2D eigenvalue weighted by atomic mass is 35.5. The molecule has 5 nitrogen and oxygen atoms in total. The molecular weight excluding hydrogens is 258 g/mol. The van der Waals surface area contributed by atoms with E-state index in [1.54, 1.807) is 12.1 Å². The highest BCUT2D eigenvalue weighted by molar-refractivity contribution is 6.33. The van der Waals surface area contributed by atoms with Gasteiger partial charge in [-0.3, -0.25) is 4.79 Å². The van der Waals surface area contributed by atoms with E-state index in [0.29, 0.717) is 0 Å². The molecule has 0 aliphatic carbocycles. The molecule has 98 valence electrons. The van der Waals surface area contributed by atoms with E-state index in [0.717, 1.165) is 5.56 Å². The van der Waals surface area contributed by atoms with Gasteiger partial charge in [0.05, 0.1) is 10.6 Å². The molecule has 0 saturated carbocycles. The Kier molecular flexibility index (Phi) is 5.12. The van der Waals surface area contributed by atoms with Crippen molar-refractivity contribution in [2.24, 2.45) is 0 Å². The lowest BCUT2D eigenvalue weighted by molar-refractivity contribution is -0.139. The fourth-order valence-corrected chi connectivity index (χ4v) is 1.75. The van der Waals surface area contributed by atoms with Crippen molar-refractivity contribution in [1.82, 2.24) is 5.32 Å². The van der Waals surface area contributed by atoms with Crippen LogP contribution in [0.4, 0.5) is 0 Å². The first-order valence-corrected chi connectivity index (χ1v) is 5.74. The molecule has 0 saturated heterocycles. The summed E-state index contributed by atoms with van der Waals surface area (Å²) in [5.41, 5.74) is 1.12. The Morgan fingerprint density at radius 3 is 2.61 bits per heavy atom. The van der Waals surface area contributed by atoms with Crippen molar-refractivity contribution in [3.05, 3.63) is 34.3 Å². The van der Waals surface area contributed by atoms with Crippen molar-refractivity contribution in [2.75, 3.05) is 6.61 Å². The van der Waals surface area contributed by atoms with Crippen LogP contribution in [0.5, 0.6) is 0 Å². The van der Waals surface area contributed by atoms with Crippen LogP contribution in [0.25, 0.3) is 0 Å². The van der Waals surface area contributed by atoms with Crippen LogP contribution in [0.15, 0.2) is 18.2 Å². The maximum absolute atomic E-state index is 11.8. The van der Waals surface area contributed by atoms with Gasteiger partial charge >= 0.3 is 5.97 Å². The fourth-order valence-electron chi connectivity index (χ4n) is 1.43. The minimum atomic E-state index is -1.19. The number of aliphatic hydroxyl groups is 1. The van der Waals surface area contributed by atoms with Crippen LogP contribution < -0.4 is 5.32 Å². The number of rotatable bonds is 5. The number of carbonyl (C=O) groups excluding carboxylic acids is 1. The normalized spacial score (nSPS) is 11.9. The minimum absolute atomic E-state index is 0.0510. The van der Waals surface area contributed by atoms with E-state index in [1.165, 1.54) is 6.07 Å². The first kappa shape index (κ1) is 14.5. The van der Waals surface area contributed by atoms with Crippen molar-refractivity contribution in [2.45, 2.75) is 19.4 Å². The summed E-state index contributed by atoms with van der Waals surface area (Å²) in [6.45, 7) is 1.51. The van der Waals surface area contributed by atoms with Gasteiger partial charge in [0.2, 0.25) is 0 Å². The summed E-state index contributed by atoms with van der Waals surface area (Å²) in [4.78, 5) is 22.7. The summed E-state index contributed by atoms with van der Waals surface area (Å²) < 4.78 is 0. The van der Waals surface area contributed by atoms with Crippen molar-refractivity contribution < 1.29 is 19.8 Å². The summed E-state index contributed by atoms with van der Waals surface area (Å²) >= 11 is 5.91. The molecule has 18 heavy (non-hydrogen) atoms. The number of amides is 1. The number of halogens is 1. The maximum Gasteiger partial charge on any atom is 0.326 e. The Bertz CT molecular complexity index is 461. The molecule has 0 aliphatic rings. The predicted molar refractivity (Wildman–Crippen MR) is 66.8 cm³/mol. The summed E-state index contributed by atoms with van der Waals surface area (Å²) in [6.07, 6.45) is -0.0510. The molecule has 1 aromatic rings. The molecule has 1 aromatic carbocycles. The van der Waals surface area contributed by atoms with Gasteiger partial charge in [-0.15, -0.1) is 0 Å². The SMILES string of the molecule is Cc1ccc(C(=O)NC(CCO)C(=O)O)c(Cl)c1. The molecule has 0 radical (unpaired) electrons. The second kappa shape index (κ2) is 6.37. The van der Waals surface area contributed by atoms with E-state index >= 15 is 0 Å². The molecule has 0 fully saturated rings. The Morgan fingerprint density at radius 1 is 1.44 bits per heavy atom. The smallest absolute Gasteiger partial charge is 0.326 e. The molecule has 1 unspecified atom stereocenters. The Morgan fingerprint density at radius 2 is 2.11 bits per heavy atom. The van der Waals surface area contributed by atoms with Gasteiger partial charge in [-0.25, -0.2) is 4.79 Å². The lowest BCUT2D eigenvalue weighted by Gasteiger charge is -2.14. The molecular formula is C12H14ClNO4. The average molecular weight is 272 g/mol. The number of carboxylic acid groups (broad SMARTS) is 1. The molecule has 6 heteroatoms. The Labute approximate surface area is 109 Å². The molecule has 0 aromatic heterocycles. The van der Waals surface area contributed by atoms with Crippen molar-refractivity contribution in [3.8, 4) is 0 Å². The standard InChI is InChI=1S/C12H14ClNO4/c1-7-2-3-8(9(13)6-7)11(16)14-10(4-5-15)12(17)18/h2-3,6,10,15H,4-5H2,1H3,(H,14,16)(H,17,18). The Balaban J connectivity index is 2.83. The van der Waals surface area contributed by atoms with Crippen LogP contribution in [0.1, 0.15) is 22.3 Å². The molecule has 0 aliphatic heterocycles. The lowest BCUT2D eigenvalue weighted by Crippen LogP contribution is -2.41. The zero-order valence-electron chi connectivity index (χ0n) is 9.81. The number of aliphatic carboxylic acids is 1. The molecule has 3 N–H and O–H groups in total. The van der Waals surface area contributed by atoms with E-state index in [2.05, 4.69) is 5.32 Å². The number of hydrogen-bond acceptors (Lipinski definition) is 3. The first-order chi connectivity index (χ1) is 8.45. The topological polar surface area (TPSA) is 86.6 Å². The van der Waals surface area contributed by atoms with E-state index in [1.807, 2.05) is 6.92 Å². The monoisotopic (exact) mass is 271 g/mol. The largest absolute Gasteiger partial charge is 0.480 e. The van der Waals surface area contributed by atoms with E-state index in [9.17, 15) is 9.59 Å². The van der Waals surface area contributed by atoms with Gasteiger partial charge in [0.1, 0.15) is 6.04 Å². The highest BCUT2D eigenvalue weighted by Crippen LogP contribution is 2.17. The van der Waals surface area contributed by atoms with Crippen LogP contribution in [0.3, 0.4) is 0 Å². The van der Waals surface area contributed by atoms with Gasteiger partial charge in [-0.2, -0.15) is 0 Å². The van der Waals surface area contributed by atoms with E-state index < -0.39 is 17.9 Å². The van der Waals surface area contributed by atoms with Crippen LogP contribution in [-0.2, 0) is 4.79 Å². The number of nitrogens with one attached hydrogen (secondary N) is 1. The number of carboxylic acids is 1. The average Bonchev–Trinajstić information content (AvgIpc) is 2.27. The zero-order chi connectivity index (χ0) is 13.7. The molecule has 0 bridgehead atoms. The van der Waals surface area contributed by atoms with Gasteiger partial charge in [-0.05, 0) is 24.6 Å². The number of hydrogen-bond donors (Lipinski definition) is 3. The van der Waals surface area contributed by atoms with E-state index in [4.69, 9.17) is 21.8 Å². The highest BCUT2D eigenvalue weighted by Gasteiger charge is 2.21. The van der Waals surface area contributed by atoms with Crippen molar-refractivity contribution in [3.63, 3.8) is 0 Å². The van der Waals surface area contributed by atoms with Gasteiger partial charge in [0.15, 0.2) is 0 Å². The summed E-state index contributed by atoms with van der Waals surface area (Å²) in [6, 6.07) is 3.74. The number of aliphatic hydroxyl groups excluding tert-OH is 1. The van der Waals surface area contributed by atoms with Gasteiger partial charge < -0.3 is 15.5 Å². The second-order valence-corrected chi connectivity index (χ2v) is 4.27. The molecule has 0 heterocycles. The third kappa shape index (κ3) is 3.72. The minimum Gasteiger partial charge on any atom is -0.480 e. The second-order valence-electron chi connectivity index (χ2n) is 3.86. The summed E-state index contributed by atoms with van der Waals surface area (Å²) in [5.74, 6) is -1.76. The zero-order valence-corrected chi connectivity index (χ0v) is 10.6. The first-order valence-electron chi connectivity index (χ1n) is 5.36. The molecule has 1 rings (SSSR count). The van der Waals surface area contributed by atoms with Crippen molar-refractivity contribution >= 4 is 23.5 Å². The van der Waals surface area contributed by atoms with Crippen LogP contribution in [0, 0.1) is 6.92 Å². The molecule has 1 amide bonds. The van der Waals surface area contributed by atoms with Crippen LogP contribution in [-0.4, -0.2) is 34.7 Å². The van der Waals surface area contributed by atoms with E-state index in [-0.39, 0.29) is 23.6 Å². The van der Waals surface area contributed by atoms with Crippen molar-refractivity contribution in [1.29, 1.82) is 0 Å². The van der Waals surface area contributed by atoms with Gasteiger partial charge in [-0.1, -0.05) is 17.7 Å². The number of benzene rings is 1. The predicted octanol–water partition coefficient (Wildman–Crippen LogP) is 1.21. The maximum atomic E-state index is 11.8. The summed E-state index contributed by atoms with van der Waals surface area (Å²) in [5, 5.41) is 20.1. The van der Waals surface area contributed by atoms with Crippen LogP contribution >= 0.6 is 11.6 Å². The summed E-state index contributed by atoms with van der Waals surface area (Å²) in [7, 11) is 0. The van der Waals surface area contributed by atoms with Gasteiger partial charge in [0, 0.05) is 13.0 Å². The fraction of sp³-hybridized carbons (Fsp3) is 0.333.